The first-order valence-electron chi connectivity index (χ1n) is 5.22. The van der Waals surface area contributed by atoms with E-state index < -0.39 is 5.91 Å². The standard InChI is InChI=1S/C12H11N2O3P/c13-12(16)10-5-14-11(7-18-10)17-9-3-1-8(6-15)2-4-9/h1-6,18H,7H2,(H2,13,16). The fourth-order valence-electron chi connectivity index (χ4n) is 1.36. The maximum atomic E-state index is 10.9. The molecule has 0 radical (unpaired) electrons. The molecule has 1 atom stereocenters. The molecule has 0 saturated heterocycles. The molecule has 0 saturated carbocycles. The normalized spacial score (nSPS) is 15.8. The monoisotopic (exact) mass is 262 g/mol. The van der Waals surface area contributed by atoms with Gasteiger partial charge in [-0.2, -0.15) is 0 Å². The predicted molar refractivity (Wildman–Crippen MR) is 70.4 cm³/mol. The summed E-state index contributed by atoms with van der Waals surface area (Å²) in [6.07, 6.45) is 2.77. The van der Waals surface area contributed by atoms with Crippen LogP contribution in [-0.2, 0) is 4.79 Å². The fraction of sp³-hybridized carbons (Fsp3) is 0.0833. The lowest BCUT2D eigenvalue weighted by Crippen LogP contribution is -2.18. The lowest BCUT2D eigenvalue weighted by atomic mass is 10.2. The molecule has 1 aliphatic rings. The Morgan fingerprint density at radius 1 is 1.39 bits per heavy atom. The van der Waals surface area contributed by atoms with E-state index in [0.717, 1.165) is 6.29 Å². The number of aldehydes is 1. The lowest BCUT2D eigenvalue weighted by molar-refractivity contribution is -0.113. The Morgan fingerprint density at radius 2 is 2.11 bits per heavy atom. The summed E-state index contributed by atoms with van der Waals surface area (Å²) in [6, 6.07) is 6.72. The Hall–Kier alpha value is -2.00. The van der Waals surface area contributed by atoms with Gasteiger partial charge in [-0.05, 0) is 24.3 Å². The molecule has 1 unspecified atom stereocenters. The number of nitrogens with zero attached hydrogens (tertiary/aromatic N) is 1. The van der Waals surface area contributed by atoms with Crippen LogP contribution in [0.25, 0.3) is 0 Å². The molecule has 1 amide bonds. The predicted octanol–water partition coefficient (Wildman–Crippen LogP) is 1.30. The molecule has 18 heavy (non-hydrogen) atoms. The number of aliphatic imine (C=N–C) groups is 1. The number of benzene rings is 1. The summed E-state index contributed by atoms with van der Waals surface area (Å²) in [5, 5.41) is 0.527. The second kappa shape index (κ2) is 5.56. The minimum absolute atomic E-state index is 0.278. The number of ether oxygens (including phenoxy) is 1. The fourth-order valence-corrected chi connectivity index (χ4v) is 2.20. The van der Waals surface area contributed by atoms with Crippen LogP contribution in [0.4, 0.5) is 0 Å². The Morgan fingerprint density at radius 3 is 2.61 bits per heavy atom. The highest BCUT2D eigenvalue weighted by molar-refractivity contribution is 7.46. The summed E-state index contributed by atoms with van der Waals surface area (Å²) in [6.45, 7) is 0. The topological polar surface area (TPSA) is 81.8 Å². The highest BCUT2D eigenvalue weighted by atomic mass is 31.1. The van der Waals surface area contributed by atoms with Crippen molar-refractivity contribution in [2.75, 3.05) is 6.16 Å². The summed E-state index contributed by atoms with van der Waals surface area (Å²) in [4.78, 5) is 25.4. The van der Waals surface area contributed by atoms with Crippen LogP contribution in [0.2, 0.25) is 0 Å². The lowest BCUT2D eigenvalue weighted by Gasteiger charge is -2.12. The molecule has 0 aliphatic carbocycles. The van der Waals surface area contributed by atoms with Gasteiger partial charge in [0.1, 0.15) is 12.0 Å². The molecule has 92 valence electrons. The van der Waals surface area contributed by atoms with Gasteiger partial charge in [0, 0.05) is 17.9 Å². The van der Waals surface area contributed by atoms with Gasteiger partial charge in [-0.25, -0.2) is 4.99 Å². The van der Waals surface area contributed by atoms with Gasteiger partial charge in [-0.15, -0.1) is 0 Å². The van der Waals surface area contributed by atoms with E-state index in [2.05, 4.69) is 4.99 Å². The number of hydrogen-bond donors (Lipinski definition) is 1. The van der Waals surface area contributed by atoms with E-state index in [1.165, 1.54) is 6.20 Å². The van der Waals surface area contributed by atoms with Crippen molar-refractivity contribution in [1.82, 2.24) is 0 Å². The third-order valence-corrected chi connectivity index (χ3v) is 3.52. The SMILES string of the molecule is NC(=O)C1=CN=C(Oc2ccc(C=O)cc2)CP1. The molecule has 0 fully saturated rings. The van der Waals surface area contributed by atoms with Crippen LogP contribution in [0.1, 0.15) is 10.4 Å². The molecular weight excluding hydrogens is 251 g/mol. The van der Waals surface area contributed by atoms with Crippen LogP contribution < -0.4 is 10.5 Å². The Balaban J connectivity index is 2.06. The van der Waals surface area contributed by atoms with E-state index in [4.69, 9.17) is 10.5 Å². The Bertz CT molecular complexity index is 535. The molecule has 2 rings (SSSR count). The zero-order valence-electron chi connectivity index (χ0n) is 9.42. The number of carbonyl (C=O) groups excluding carboxylic acids is 2. The molecule has 1 aromatic carbocycles. The quantitative estimate of drug-likeness (QED) is 0.658. The first-order valence-corrected chi connectivity index (χ1v) is 6.43. The van der Waals surface area contributed by atoms with Crippen molar-refractivity contribution in [2.45, 2.75) is 0 Å². The second-order valence-electron chi connectivity index (χ2n) is 3.57. The van der Waals surface area contributed by atoms with Gasteiger partial charge in [0.25, 0.3) is 0 Å². The minimum atomic E-state index is -0.438. The zero-order valence-corrected chi connectivity index (χ0v) is 10.4. The number of nitrogens with two attached hydrogens (primary N) is 1. The van der Waals surface area contributed by atoms with Crippen molar-refractivity contribution >= 4 is 26.7 Å². The van der Waals surface area contributed by atoms with E-state index in [-0.39, 0.29) is 8.58 Å². The largest absolute Gasteiger partial charge is 0.443 e. The third kappa shape index (κ3) is 3.02. The number of amides is 1. The van der Waals surface area contributed by atoms with Crippen molar-refractivity contribution < 1.29 is 14.3 Å². The number of rotatable bonds is 3. The average molecular weight is 262 g/mol. The van der Waals surface area contributed by atoms with Crippen LogP contribution in [0.15, 0.2) is 40.8 Å². The smallest absolute Gasteiger partial charge is 0.250 e. The van der Waals surface area contributed by atoms with Crippen molar-refractivity contribution in [3.8, 4) is 5.75 Å². The second-order valence-corrected chi connectivity index (χ2v) is 4.82. The molecule has 1 aromatic rings. The van der Waals surface area contributed by atoms with Crippen molar-refractivity contribution in [1.29, 1.82) is 0 Å². The van der Waals surface area contributed by atoms with Crippen LogP contribution in [0, 0.1) is 0 Å². The third-order valence-electron chi connectivity index (χ3n) is 2.29. The molecule has 2 N–H and O–H groups in total. The van der Waals surface area contributed by atoms with E-state index in [0.29, 0.717) is 28.7 Å². The van der Waals surface area contributed by atoms with Gasteiger partial charge in [0.2, 0.25) is 5.91 Å². The summed E-state index contributed by atoms with van der Waals surface area (Å²) in [5.74, 6) is 0.712. The van der Waals surface area contributed by atoms with Crippen molar-refractivity contribution in [2.24, 2.45) is 10.7 Å². The average Bonchev–Trinajstić information content (AvgIpc) is 2.40. The van der Waals surface area contributed by atoms with Gasteiger partial charge < -0.3 is 10.5 Å². The van der Waals surface area contributed by atoms with Crippen LogP contribution in [0.5, 0.6) is 5.75 Å². The van der Waals surface area contributed by atoms with Crippen LogP contribution in [0.3, 0.4) is 0 Å². The summed E-state index contributed by atoms with van der Waals surface area (Å²) in [7, 11) is 0.278. The maximum absolute atomic E-state index is 10.9. The van der Waals surface area contributed by atoms with Crippen LogP contribution >= 0.6 is 8.58 Å². The molecule has 5 nitrogen and oxygen atoms in total. The van der Waals surface area contributed by atoms with Gasteiger partial charge in [-0.1, -0.05) is 8.58 Å². The first-order chi connectivity index (χ1) is 8.69. The van der Waals surface area contributed by atoms with Crippen molar-refractivity contribution in [3.05, 3.63) is 41.3 Å². The molecule has 1 heterocycles. The maximum Gasteiger partial charge on any atom is 0.250 e. The van der Waals surface area contributed by atoms with Crippen molar-refractivity contribution in [3.63, 3.8) is 0 Å². The molecular formula is C12H11N2O3P. The highest BCUT2D eigenvalue weighted by Crippen LogP contribution is 2.27. The number of primary amides is 1. The van der Waals surface area contributed by atoms with Gasteiger partial charge in [-0.3, -0.25) is 9.59 Å². The zero-order chi connectivity index (χ0) is 13.0. The minimum Gasteiger partial charge on any atom is -0.443 e. The Kier molecular flexibility index (Phi) is 3.85. The summed E-state index contributed by atoms with van der Waals surface area (Å²) < 4.78 is 5.53. The first kappa shape index (κ1) is 12.5. The molecule has 0 aromatic heterocycles. The van der Waals surface area contributed by atoms with Crippen LogP contribution in [-0.4, -0.2) is 24.3 Å². The highest BCUT2D eigenvalue weighted by Gasteiger charge is 2.13. The number of hydrogen-bond acceptors (Lipinski definition) is 4. The molecule has 0 spiro atoms. The van der Waals surface area contributed by atoms with Gasteiger partial charge >= 0.3 is 0 Å². The van der Waals surface area contributed by atoms with Gasteiger partial charge in [0.05, 0.1) is 5.31 Å². The summed E-state index contributed by atoms with van der Waals surface area (Å²) >= 11 is 0. The van der Waals surface area contributed by atoms with E-state index >= 15 is 0 Å². The summed E-state index contributed by atoms with van der Waals surface area (Å²) in [5.41, 5.74) is 5.74. The van der Waals surface area contributed by atoms with E-state index in [1.807, 2.05) is 0 Å². The van der Waals surface area contributed by atoms with E-state index in [9.17, 15) is 9.59 Å². The van der Waals surface area contributed by atoms with E-state index in [1.54, 1.807) is 24.3 Å². The molecule has 1 aliphatic heterocycles. The number of carbonyl (C=O) groups is 2. The van der Waals surface area contributed by atoms with Gasteiger partial charge in [0.15, 0.2) is 5.90 Å². The molecule has 0 bridgehead atoms. The Labute approximate surface area is 106 Å². The molecule has 6 heteroatoms.